The predicted molar refractivity (Wildman–Crippen MR) is 162 cm³/mol. The minimum atomic E-state index is -2.41. The van der Waals surface area contributed by atoms with Crippen LogP contribution in [0.5, 0.6) is 0 Å². The highest BCUT2D eigenvalue weighted by Gasteiger charge is 2.57. The molecule has 2 aliphatic heterocycles. The molecule has 2 aliphatic rings. The lowest BCUT2D eigenvalue weighted by Crippen LogP contribution is -2.68. The summed E-state index contributed by atoms with van der Waals surface area (Å²) in [4.78, 5) is 0. The second-order valence-electron chi connectivity index (χ2n) is 13.3. The van der Waals surface area contributed by atoms with Gasteiger partial charge in [-0.2, -0.15) is 0 Å². The van der Waals surface area contributed by atoms with Crippen LogP contribution in [0.15, 0.2) is 30.3 Å². The molecule has 12 heteroatoms. The fraction of sp³-hybridized carbons (Fsp3) is 0.741. The number of alkyl halides is 3. The maximum absolute atomic E-state index is 8.30. The molecule has 4 unspecified atom stereocenters. The predicted octanol–water partition coefficient (Wildman–Crippen LogP) is 7.97. The molecule has 39 heavy (non-hydrogen) atoms. The highest BCUT2D eigenvalue weighted by molar-refractivity contribution is 6.76. The molecule has 1 N–H and O–H groups in total. The van der Waals surface area contributed by atoms with E-state index in [1.807, 2.05) is 30.3 Å². The lowest BCUT2D eigenvalue weighted by molar-refractivity contribution is -0.348. The standard InChI is InChI=1S/C27H44Cl3NO6Si2/c1-25(2,3)38(7,8)36-20-19-18(16-32-22(34-19)17-14-12-11-13-15-17)33-23(35-24(31)27(28,29)30)21(20)37-39(9,10)26(4,5)6/h11-15,18-23,31H,16H2,1-10H3/t18?,19-,20?,21?,22?,23+/m1/s1. The van der Waals surface area contributed by atoms with Crippen LogP contribution in [-0.4, -0.2) is 63.6 Å². The van der Waals surface area contributed by atoms with Crippen molar-refractivity contribution >= 4 is 57.3 Å². The molecule has 222 valence electrons. The van der Waals surface area contributed by atoms with Gasteiger partial charge >= 0.3 is 0 Å². The van der Waals surface area contributed by atoms with Gasteiger partial charge in [0.15, 0.2) is 22.9 Å². The molecule has 0 radical (unpaired) electrons. The largest absolute Gasteiger partial charge is 0.445 e. The van der Waals surface area contributed by atoms with E-state index in [0.29, 0.717) is 0 Å². The van der Waals surface area contributed by atoms with Crippen molar-refractivity contribution in [1.29, 1.82) is 5.41 Å². The lowest BCUT2D eigenvalue weighted by atomic mass is 9.98. The van der Waals surface area contributed by atoms with Crippen molar-refractivity contribution in [3.05, 3.63) is 35.9 Å². The van der Waals surface area contributed by atoms with E-state index in [0.717, 1.165) is 5.56 Å². The van der Waals surface area contributed by atoms with Crippen LogP contribution in [-0.2, 0) is 27.8 Å². The number of hydrogen-bond donors (Lipinski definition) is 1. The van der Waals surface area contributed by atoms with Gasteiger partial charge in [-0.3, -0.25) is 5.41 Å². The average Bonchev–Trinajstić information content (AvgIpc) is 2.79. The summed E-state index contributed by atoms with van der Waals surface area (Å²) in [6, 6.07) is 9.79. The van der Waals surface area contributed by atoms with E-state index in [1.54, 1.807) is 0 Å². The molecule has 0 saturated carbocycles. The highest BCUT2D eigenvalue weighted by Crippen LogP contribution is 2.46. The van der Waals surface area contributed by atoms with Crippen LogP contribution in [0.2, 0.25) is 36.3 Å². The van der Waals surface area contributed by atoms with Crippen molar-refractivity contribution in [2.75, 3.05) is 6.61 Å². The molecule has 0 amide bonds. The number of hydrogen-bond acceptors (Lipinski definition) is 7. The molecule has 0 spiro atoms. The van der Waals surface area contributed by atoms with Gasteiger partial charge in [0.25, 0.3) is 3.79 Å². The first-order chi connectivity index (χ1) is 17.6. The fourth-order valence-corrected chi connectivity index (χ4v) is 6.61. The van der Waals surface area contributed by atoms with E-state index >= 15 is 0 Å². The summed E-state index contributed by atoms with van der Waals surface area (Å²) in [5, 5.41) is 8.09. The first-order valence-electron chi connectivity index (χ1n) is 13.3. The van der Waals surface area contributed by atoms with E-state index < -0.39 is 63.3 Å². The quantitative estimate of drug-likeness (QED) is 0.147. The normalized spacial score (nSPS) is 29.1. The highest BCUT2D eigenvalue weighted by atomic mass is 35.6. The van der Waals surface area contributed by atoms with Crippen LogP contribution in [0.3, 0.4) is 0 Å². The molecule has 7 nitrogen and oxygen atoms in total. The third-order valence-corrected chi connectivity index (χ3v) is 17.8. The molecule has 0 aliphatic carbocycles. The molecule has 3 rings (SSSR count). The third-order valence-electron chi connectivity index (χ3n) is 8.32. The zero-order valence-corrected chi connectivity index (χ0v) is 28.9. The third kappa shape index (κ3) is 7.80. The van der Waals surface area contributed by atoms with Gasteiger partial charge in [-0.05, 0) is 36.3 Å². The van der Waals surface area contributed by atoms with Crippen molar-refractivity contribution in [2.24, 2.45) is 0 Å². The monoisotopic (exact) mass is 639 g/mol. The summed E-state index contributed by atoms with van der Waals surface area (Å²) in [5.74, 6) is -0.550. The number of benzene rings is 1. The van der Waals surface area contributed by atoms with Gasteiger partial charge < -0.3 is 27.8 Å². The number of ether oxygens (including phenoxy) is 4. The van der Waals surface area contributed by atoms with Crippen LogP contribution in [0.4, 0.5) is 0 Å². The Kier molecular flexibility index (Phi) is 10.1. The molecule has 0 aromatic heterocycles. The van der Waals surface area contributed by atoms with E-state index in [9.17, 15) is 0 Å². The van der Waals surface area contributed by atoms with Gasteiger partial charge in [-0.1, -0.05) is 107 Å². The summed E-state index contributed by atoms with van der Waals surface area (Å²) in [6.45, 7) is 21.9. The zero-order chi connectivity index (χ0) is 29.6. The Balaban J connectivity index is 2.08. The second kappa shape index (κ2) is 11.8. The molecule has 1 aromatic rings. The molecular formula is C27H44Cl3NO6Si2. The zero-order valence-electron chi connectivity index (χ0n) is 24.6. The van der Waals surface area contributed by atoms with E-state index in [2.05, 4.69) is 67.7 Å². The smallest absolute Gasteiger partial charge is 0.265 e. The molecule has 1 aromatic carbocycles. The SMILES string of the molecule is CC(C)(C)[Si](C)(C)OC1C(O[Si](C)(C)C(C)(C)C)[C@@H]2OC(c3ccccc3)OCC2O[C@H]1OC(=N)C(Cl)(Cl)Cl. The number of rotatable bonds is 6. The van der Waals surface area contributed by atoms with Gasteiger partial charge in [0.1, 0.15) is 24.4 Å². The number of halogens is 3. The van der Waals surface area contributed by atoms with Crippen molar-refractivity contribution in [3.8, 4) is 0 Å². The number of nitrogens with one attached hydrogen (secondary N) is 1. The van der Waals surface area contributed by atoms with Crippen molar-refractivity contribution in [2.45, 2.75) is 119 Å². The minimum absolute atomic E-state index is 0.0903. The second-order valence-corrected chi connectivity index (χ2v) is 25.1. The van der Waals surface area contributed by atoms with E-state index in [-0.39, 0.29) is 16.7 Å². The number of fused-ring (bicyclic) bond motifs is 1. The van der Waals surface area contributed by atoms with E-state index in [4.69, 9.17) is 68.0 Å². The average molecular weight is 641 g/mol. The van der Waals surface area contributed by atoms with Crippen LogP contribution in [0.25, 0.3) is 0 Å². The Morgan fingerprint density at radius 3 is 1.85 bits per heavy atom. The minimum Gasteiger partial charge on any atom is -0.445 e. The molecule has 0 bridgehead atoms. The molecule has 2 saturated heterocycles. The van der Waals surface area contributed by atoms with Gasteiger partial charge in [0.05, 0.1) is 6.61 Å². The van der Waals surface area contributed by atoms with Crippen LogP contribution in [0, 0.1) is 5.41 Å². The Morgan fingerprint density at radius 2 is 1.36 bits per heavy atom. The Labute approximate surface area is 250 Å². The summed E-state index contributed by atoms with van der Waals surface area (Å²) in [5.41, 5.74) is 0.903. The van der Waals surface area contributed by atoms with Crippen LogP contribution in [0.1, 0.15) is 53.4 Å². The van der Waals surface area contributed by atoms with Crippen molar-refractivity contribution < 1.29 is 27.8 Å². The van der Waals surface area contributed by atoms with Gasteiger partial charge in [-0.15, -0.1) is 0 Å². The topological polar surface area (TPSA) is 79.2 Å². The van der Waals surface area contributed by atoms with Gasteiger partial charge in [0.2, 0.25) is 12.2 Å². The maximum atomic E-state index is 8.30. The Morgan fingerprint density at radius 1 is 0.846 bits per heavy atom. The molecule has 2 heterocycles. The first kappa shape index (κ1) is 33.3. The summed E-state index contributed by atoms with van der Waals surface area (Å²) in [7, 11) is -4.78. The van der Waals surface area contributed by atoms with Crippen molar-refractivity contribution in [3.63, 3.8) is 0 Å². The molecule has 2 fully saturated rings. The van der Waals surface area contributed by atoms with E-state index in [1.165, 1.54) is 0 Å². The first-order valence-corrected chi connectivity index (χ1v) is 20.2. The fourth-order valence-electron chi connectivity index (χ4n) is 3.90. The van der Waals surface area contributed by atoms with Gasteiger partial charge in [0, 0.05) is 5.56 Å². The summed E-state index contributed by atoms with van der Waals surface area (Å²) >= 11 is 18.0. The summed E-state index contributed by atoms with van der Waals surface area (Å²) < 4.78 is 37.0. The van der Waals surface area contributed by atoms with Crippen LogP contribution < -0.4 is 0 Å². The Bertz CT molecular complexity index is 994. The van der Waals surface area contributed by atoms with Gasteiger partial charge in [-0.25, -0.2) is 0 Å². The van der Waals surface area contributed by atoms with Crippen LogP contribution >= 0.6 is 34.8 Å². The van der Waals surface area contributed by atoms with Crippen molar-refractivity contribution in [1.82, 2.24) is 0 Å². The molecule has 6 atom stereocenters. The molecular weight excluding hydrogens is 597 g/mol. The summed E-state index contributed by atoms with van der Waals surface area (Å²) in [6.07, 6.45) is -4.06. The Hall–Kier alpha value is -0.206. The lowest BCUT2D eigenvalue weighted by Gasteiger charge is -2.54. The maximum Gasteiger partial charge on any atom is 0.265 e.